The van der Waals surface area contributed by atoms with Crippen LogP contribution in [0.1, 0.15) is 47.3 Å². The molecule has 0 aliphatic heterocycles. The van der Waals surface area contributed by atoms with Crippen LogP contribution in [0.25, 0.3) is 11.0 Å². The molecule has 2 heterocycles. The number of hydrogen-bond donors (Lipinski definition) is 1. The number of halogens is 1. The Labute approximate surface area is 209 Å². The van der Waals surface area contributed by atoms with Crippen molar-refractivity contribution in [3.8, 4) is 0 Å². The second-order valence-electron chi connectivity index (χ2n) is 9.43. The Balaban J connectivity index is 1.27. The molecule has 0 radical (unpaired) electrons. The van der Waals surface area contributed by atoms with Gasteiger partial charge in [-0.2, -0.15) is 0 Å². The van der Waals surface area contributed by atoms with E-state index in [0.29, 0.717) is 35.3 Å². The largest absolute Gasteiger partial charge is 0.349 e. The molecular weight excluding hydrogens is 460 g/mol. The summed E-state index contributed by atoms with van der Waals surface area (Å²) in [7, 11) is 0. The van der Waals surface area contributed by atoms with E-state index in [0.717, 1.165) is 42.3 Å². The Morgan fingerprint density at radius 3 is 2.37 bits per heavy atom. The third kappa shape index (κ3) is 5.03. The van der Waals surface area contributed by atoms with Gasteiger partial charge in [-0.1, -0.05) is 54.1 Å². The van der Waals surface area contributed by atoms with Crippen molar-refractivity contribution in [1.29, 1.82) is 0 Å². The van der Waals surface area contributed by atoms with E-state index in [-0.39, 0.29) is 17.6 Å². The molecule has 0 saturated heterocycles. The Hall–Kier alpha value is -3.38. The van der Waals surface area contributed by atoms with Gasteiger partial charge in [-0.15, -0.1) is 0 Å². The van der Waals surface area contributed by atoms with Gasteiger partial charge in [0.15, 0.2) is 0 Å². The van der Waals surface area contributed by atoms with Crippen LogP contribution in [0.15, 0.2) is 71.7 Å². The molecule has 7 heteroatoms. The summed E-state index contributed by atoms with van der Waals surface area (Å²) in [6.45, 7) is 3.07. The number of pyridine rings is 1. The molecule has 4 aromatic rings. The van der Waals surface area contributed by atoms with Gasteiger partial charge in [-0.25, -0.2) is 4.79 Å². The van der Waals surface area contributed by atoms with Gasteiger partial charge in [-0.05, 0) is 62.3 Å². The average molecular weight is 489 g/mol. The van der Waals surface area contributed by atoms with Crippen LogP contribution in [0, 0.1) is 12.8 Å². The number of nitrogens with zero attached hydrogens (tertiary/aromatic N) is 3. The van der Waals surface area contributed by atoms with Crippen molar-refractivity contribution in [2.45, 2.75) is 51.7 Å². The number of imidazole rings is 1. The first-order valence-electron chi connectivity index (χ1n) is 12.1. The normalized spacial score (nSPS) is 18.0. The van der Waals surface area contributed by atoms with Gasteiger partial charge in [0.1, 0.15) is 0 Å². The molecule has 35 heavy (non-hydrogen) atoms. The van der Waals surface area contributed by atoms with Crippen molar-refractivity contribution in [3.05, 3.63) is 99.2 Å². The molecule has 1 amide bonds. The Morgan fingerprint density at radius 1 is 1.00 bits per heavy atom. The molecule has 0 unspecified atom stereocenters. The Kier molecular flexibility index (Phi) is 6.73. The third-order valence-corrected chi connectivity index (χ3v) is 7.24. The smallest absolute Gasteiger partial charge is 0.329 e. The number of aryl methyl sites for hydroxylation is 1. The summed E-state index contributed by atoms with van der Waals surface area (Å²) in [5.74, 6) is 0.271. The van der Waals surface area contributed by atoms with Crippen LogP contribution in [0.5, 0.6) is 0 Å². The Morgan fingerprint density at radius 2 is 1.66 bits per heavy atom. The molecular formula is C28H29ClN4O2. The zero-order chi connectivity index (χ0) is 24.4. The predicted octanol–water partition coefficient (Wildman–Crippen LogP) is 5.20. The molecule has 1 aliphatic carbocycles. The number of benzene rings is 2. The number of carbonyl (C=O) groups is 1. The number of aromatic nitrogens is 3. The number of amides is 1. The lowest BCUT2D eigenvalue weighted by Gasteiger charge is -2.29. The zero-order valence-electron chi connectivity index (χ0n) is 19.8. The standard InChI is InChI=1S/C28H29ClN4O2/c1-19-24(15-22(29)16-30-19)27(34)31-23-13-11-21(12-14-23)18-33-26-10-6-5-9-25(26)32(28(33)35)17-20-7-3-2-4-8-20/h2-10,15-16,21,23H,11-14,17-18H2,1H3,(H,31,34)/t21-,23-. The second kappa shape index (κ2) is 10.1. The Bertz CT molecular complexity index is 1400. The van der Waals surface area contributed by atoms with Gasteiger partial charge < -0.3 is 5.32 Å². The van der Waals surface area contributed by atoms with E-state index in [1.165, 1.54) is 0 Å². The summed E-state index contributed by atoms with van der Waals surface area (Å²) in [5, 5.41) is 3.61. The third-order valence-electron chi connectivity index (χ3n) is 7.03. The molecule has 0 bridgehead atoms. The molecule has 1 saturated carbocycles. The van der Waals surface area contributed by atoms with E-state index < -0.39 is 0 Å². The van der Waals surface area contributed by atoms with Crippen LogP contribution in [0.2, 0.25) is 5.02 Å². The van der Waals surface area contributed by atoms with Gasteiger partial charge >= 0.3 is 5.69 Å². The molecule has 5 rings (SSSR count). The number of fused-ring (bicyclic) bond motifs is 1. The van der Waals surface area contributed by atoms with Crippen molar-refractivity contribution in [2.24, 2.45) is 5.92 Å². The van der Waals surface area contributed by atoms with Gasteiger partial charge in [0.25, 0.3) is 5.91 Å². The first-order valence-corrected chi connectivity index (χ1v) is 12.5. The fourth-order valence-electron chi connectivity index (χ4n) is 5.12. The van der Waals surface area contributed by atoms with Crippen LogP contribution in [-0.2, 0) is 13.1 Å². The van der Waals surface area contributed by atoms with Crippen LogP contribution >= 0.6 is 11.6 Å². The van der Waals surface area contributed by atoms with Crippen molar-refractivity contribution in [1.82, 2.24) is 19.4 Å². The second-order valence-corrected chi connectivity index (χ2v) is 9.87. The molecule has 0 atom stereocenters. The average Bonchev–Trinajstić information content (AvgIpc) is 3.13. The van der Waals surface area contributed by atoms with Gasteiger partial charge in [0.2, 0.25) is 0 Å². The maximum atomic E-state index is 13.4. The topological polar surface area (TPSA) is 68.9 Å². The van der Waals surface area contributed by atoms with Crippen molar-refractivity contribution < 1.29 is 4.79 Å². The summed E-state index contributed by atoms with van der Waals surface area (Å²) >= 11 is 6.03. The fourth-order valence-corrected chi connectivity index (χ4v) is 5.27. The van der Waals surface area contributed by atoms with E-state index in [4.69, 9.17) is 11.6 Å². The molecule has 2 aromatic carbocycles. The summed E-state index contributed by atoms with van der Waals surface area (Å²) in [4.78, 5) is 30.4. The number of hydrogen-bond acceptors (Lipinski definition) is 3. The molecule has 180 valence electrons. The maximum absolute atomic E-state index is 13.4. The minimum atomic E-state index is -0.124. The highest BCUT2D eigenvalue weighted by Crippen LogP contribution is 2.27. The molecule has 1 N–H and O–H groups in total. The minimum Gasteiger partial charge on any atom is -0.349 e. The van der Waals surface area contributed by atoms with E-state index in [1.807, 2.05) is 58.5 Å². The number of para-hydroxylation sites is 2. The highest BCUT2D eigenvalue weighted by Gasteiger charge is 2.25. The highest BCUT2D eigenvalue weighted by molar-refractivity contribution is 6.30. The molecule has 1 aliphatic rings. The van der Waals surface area contributed by atoms with Crippen LogP contribution < -0.4 is 11.0 Å². The summed E-state index contributed by atoms with van der Waals surface area (Å²) < 4.78 is 3.81. The first kappa shape index (κ1) is 23.4. The van der Waals surface area contributed by atoms with E-state index >= 15 is 0 Å². The van der Waals surface area contributed by atoms with Gasteiger partial charge in [0, 0.05) is 18.8 Å². The maximum Gasteiger partial charge on any atom is 0.329 e. The van der Waals surface area contributed by atoms with Crippen molar-refractivity contribution in [2.75, 3.05) is 0 Å². The quantitative estimate of drug-likeness (QED) is 0.405. The van der Waals surface area contributed by atoms with E-state index in [2.05, 4.69) is 22.4 Å². The molecule has 1 fully saturated rings. The lowest BCUT2D eigenvalue weighted by Crippen LogP contribution is -2.39. The summed E-state index contributed by atoms with van der Waals surface area (Å²) in [6.07, 6.45) is 5.25. The fraction of sp³-hybridized carbons (Fsp3) is 0.321. The molecule has 0 spiro atoms. The number of carbonyl (C=O) groups excluding carboxylic acids is 1. The number of nitrogens with one attached hydrogen (secondary N) is 1. The van der Waals surface area contributed by atoms with E-state index in [1.54, 1.807) is 12.3 Å². The zero-order valence-corrected chi connectivity index (χ0v) is 20.5. The van der Waals surface area contributed by atoms with Crippen LogP contribution in [-0.4, -0.2) is 26.1 Å². The first-order chi connectivity index (χ1) is 17.0. The lowest BCUT2D eigenvalue weighted by atomic mass is 9.85. The van der Waals surface area contributed by atoms with Crippen LogP contribution in [0.4, 0.5) is 0 Å². The summed E-state index contributed by atoms with van der Waals surface area (Å²) in [6, 6.07) is 19.9. The molecule has 6 nitrogen and oxygen atoms in total. The lowest BCUT2D eigenvalue weighted by molar-refractivity contribution is 0.0919. The van der Waals surface area contributed by atoms with Gasteiger partial charge in [0.05, 0.1) is 33.9 Å². The van der Waals surface area contributed by atoms with Crippen LogP contribution in [0.3, 0.4) is 0 Å². The van der Waals surface area contributed by atoms with Crippen molar-refractivity contribution in [3.63, 3.8) is 0 Å². The monoisotopic (exact) mass is 488 g/mol. The van der Waals surface area contributed by atoms with Crippen molar-refractivity contribution >= 4 is 28.5 Å². The predicted molar refractivity (Wildman–Crippen MR) is 139 cm³/mol. The van der Waals surface area contributed by atoms with Gasteiger partial charge in [-0.3, -0.25) is 18.9 Å². The molecule has 2 aromatic heterocycles. The SMILES string of the molecule is Cc1ncc(Cl)cc1C(=O)N[C@H]1CC[C@H](Cn2c(=O)n(Cc3ccccc3)c3ccccc32)CC1. The summed E-state index contributed by atoms with van der Waals surface area (Å²) in [5.41, 5.74) is 4.29. The van der Waals surface area contributed by atoms with E-state index in [9.17, 15) is 9.59 Å². The minimum absolute atomic E-state index is 0.0365. The highest BCUT2D eigenvalue weighted by atomic mass is 35.5. The number of rotatable bonds is 6.